The Kier molecular flexibility index (Phi) is 10.2. The highest BCUT2D eigenvalue weighted by molar-refractivity contribution is 5.85. The highest BCUT2D eigenvalue weighted by Gasteiger charge is 2.12. The number of benzene rings is 1. The van der Waals surface area contributed by atoms with Crippen LogP contribution in [0, 0.1) is 0 Å². The molecule has 1 unspecified atom stereocenters. The van der Waals surface area contributed by atoms with E-state index in [1.54, 1.807) is 0 Å². The molecule has 1 rings (SSSR count). The number of carbonyl (C=O) groups is 1. The van der Waals surface area contributed by atoms with E-state index in [4.69, 9.17) is 10.5 Å². The summed E-state index contributed by atoms with van der Waals surface area (Å²) >= 11 is 0. The monoisotopic (exact) mass is 285 g/mol. The van der Waals surface area contributed by atoms with Crippen LogP contribution in [-0.4, -0.2) is 12.6 Å². The Bertz CT molecular complexity index is 343. The first-order valence-electron chi connectivity index (χ1n) is 6.70. The lowest BCUT2D eigenvalue weighted by atomic mass is 10.1. The molecule has 0 saturated carbocycles. The predicted molar refractivity (Wildman–Crippen MR) is 80.3 cm³/mol. The van der Waals surface area contributed by atoms with Gasteiger partial charge in [-0.25, -0.2) is 0 Å². The standard InChI is InChI=1S/C15H23NO2.ClH/c1-2-3-4-8-11-18-15(17)12-14(16)13-9-6-5-7-10-13;/h5-7,9-10,14H,2-4,8,11-12,16H2,1H3;1H. The molecule has 0 aromatic heterocycles. The van der Waals surface area contributed by atoms with Gasteiger partial charge in [-0.05, 0) is 12.0 Å². The second kappa shape index (κ2) is 10.8. The van der Waals surface area contributed by atoms with Gasteiger partial charge in [0.2, 0.25) is 0 Å². The van der Waals surface area contributed by atoms with Crippen LogP contribution < -0.4 is 5.73 Å². The average Bonchev–Trinajstić information content (AvgIpc) is 2.39. The number of ether oxygens (including phenoxy) is 1. The third-order valence-corrected chi connectivity index (χ3v) is 2.88. The van der Waals surface area contributed by atoms with Crippen LogP contribution in [0.2, 0.25) is 0 Å². The number of unbranched alkanes of at least 4 members (excludes halogenated alkanes) is 3. The van der Waals surface area contributed by atoms with Crippen molar-refractivity contribution in [1.29, 1.82) is 0 Å². The van der Waals surface area contributed by atoms with Gasteiger partial charge in [0, 0.05) is 6.04 Å². The van der Waals surface area contributed by atoms with Crippen molar-refractivity contribution in [1.82, 2.24) is 0 Å². The fourth-order valence-corrected chi connectivity index (χ4v) is 1.77. The molecule has 1 aromatic rings. The summed E-state index contributed by atoms with van der Waals surface area (Å²) in [4.78, 5) is 11.6. The zero-order valence-corrected chi connectivity index (χ0v) is 12.3. The van der Waals surface area contributed by atoms with Gasteiger partial charge in [-0.1, -0.05) is 56.5 Å². The Morgan fingerprint density at radius 1 is 1.21 bits per heavy atom. The van der Waals surface area contributed by atoms with Crippen LogP contribution in [0.15, 0.2) is 30.3 Å². The second-order valence-electron chi connectivity index (χ2n) is 4.50. The predicted octanol–water partition coefficient (Wildman–Crippen LogP) is 3.62. The highest BCUT2D eigenvalue weighted by atomic mass is 35.5. The van der Waals surface area contributed by atoms with Crippen molar-refractivity contribution in [2.75, 3.05) is 6.61 Å². The lowest BCUT2D eigenvalue weighted by Crippen LogP contribution is -2.17. The summed E-state index contributed by atoms with van der Waals surface area (Å²) in [7, 11) is 0. The van der Waals surface area contributed by atoms with E-state index in [1.165, 1.54) is 12.8 Å². The maximum atomic E-state index is 11.6. The van der Waals surface area contributed by atoms with Gasteiger partial charge >= 0.3 is 5.97 Å². The van der Waals surface area contributed by atoms with Gasteiger partial charge in [0.05, 0.1) is 13.0 Å². The third kappa shape index (κ3) is 7.85. The van der Waals surface area contributed by atoms with Gasteiger partial charge in [-0.2, -0.15) is 0 Å². The van der Waals surface area contributed by atoms with Crippen LogP contribution in [0.4, 0.5) is 0 Å². The molecule has 0 aliphatic heterocycles. The van der Waals surface area contributed by atoms with E-state index in [1.807, 2.05) is 30.3 Å². The van der Waals surface area contributed by atoms with Crippen LogP contribution in [0.1, 0.15) is 50.6 Å². The maximum absolute atomic E-state index is 11.6. The van der Waals surface area contributed by atoms with E-state index in [0.717, 1.165) is 18.4 Å². The Balaban J connectivity index is 0.00000324. The number of halogens is 1. The van der Waals surface area contributed by atoms with Crippen molar-refractivity contribution >= 4 is 18.4 Å². The van der Waals surface area contributed by atoms with Crippen molar-refractivity contribution < 1.29 is 9.53 Å². The van der Waals surface area contributed by atoms with Gasteiger partial charge in [-0.3, -0.25) is 4.79 Å². The number of esters is 1. The smallest absolute Gasteiger partial charge is 0.307 e. The maximum Gasteiger partial charge on any atom is 0.307 e. The van der Waals surface area contributed by atoms with Crippen molar-refractivity contribution in [2.24, 2.45) is 5.73 Å². The Morgan fingerprint density at radius 2 is 1.89 bits per heavy atom. The first-order valence-corrected chi connectivity index (χ1v) is 6.70. The summed E-state index contributed by atoms with van der Waals surface area (Å²) in [5, 5.41) is 0. The van der Waals surface area contributed by atoms with Crippen LogP contribution in [-0.2, 0) is 9.53 Å². The highest BCUT2D eigenvalue weighted by Crippen LogP contribution is 2.13. The minimum atomic E-state index is -0.269. The number of rotatable bonds is 8. The Hall–Kier alpha value is -1.06. The molecule has 1 aromatic carbocycles. The summed E-state index contributed by atoms with van der Waals surface area (Å²) in [5.41, 5.74) is 6.92. The third-order valence-electron chi connectivity index (χ3n) is 2.88. The summed E-state index contributed by atoms with van der Waals surface area (Å²) < 4.78 is 5.16. The van der Waals surface area contributed by atoms with Crippen molar-refractivity contribution in [3.05, 3.63) is 35.9 Å². The molecule has 3 nitrogen and oxygen atoms in total. The van der Waals surface area contributed by atoms with Gasteiger partial charge in [-0.15, -0.1) is 12.4 Å². The molecular weight excluding hydrogens is 262 g/mol. The second-order valence-corrected chi connectivity index (χ2v) is 4.50. The lowest BCUT2D eigenvalue weighted by Gasteiger charge is -2.11. The molecule has 19 heavy (non-hydrogen) atoms. The van der Waals surface area contributed by atoms with E-state index in [0.29, 0.717) is 6.61 Å². The number of nitrogens with two attached hydrogens (primary N) is 1. The van der Waals surface area contributed by atoms with Crippen molar-refractivity contribution in [2.45, 2.75) is 45.1 Å². The molecule has 0 fully saturated rings. The Labute approximate surface area is 121 Å². The van der Waals surface area contributed by atoms with E-state index in [-0.39, 0.29) is 30.8 Å². The molecule has 0 spiro atoms. The van der Waals surface area contributed by atoms with Gasteiger partial charge in [0.25, 0.3) is 0 Å². The first kappa shape index (κ1) is 17.9. The molecular formula is C15H24ClNO2. The topological polar surface area (TPSA) is 52.3 Å². The average molecular weight is 286 g/mol. The molecule has 1 atom stereocenters. The molecule has 2 N–H and O–H groups in total. The summed E-state index contributed by atoms with van der Waals surface area (Å²) in [5.74, 6) is -0.206. The molecule has 0 radical (unpaired) electrons. The zero-order valence-electron chi connectivity index (χ0n) is 11.5. The molecule has 4 heteroatoms. The minimum Gasteiger partial charge on any atom is -0.466 e. The summed E-state index contributed by atoms with van der Waals surface area (Å²) in [6.45, 7) is 2.67. The lowest BCUT2D eigenvalue weighted by molar-refractivity contribution is -0.144. The molecule has 0 amide bonds. The van der Waals surface area contributed by atoms with Gasteiger partial charge in [0.1, 0.15) is 0 Å². The quantitative estimate of drug-likeness (QED) is 0.586. The molecule has 0 bridgehead atoms. The van der Waals surface area contributed by atoms with E-state index >= 15 is 0 Å². The number of hydrogen-bond acceptors (Lipinski definition) is 3. The largest absolute Gasteiger partial charge is 0.466 e. The Morgan fingerprint density at radius 3 is 2.53 bits per heavy atom. The SMILES string of the molecule is CCCCCCOC(=O)CC(N)c1ccccc1.Cl. The van der Waals surface area contributed by atoms with E-state index < -0.39 is 0 Å². The fraction of sp³-hybridized carbons (Fsp3) is 0.533. The minimum absolute atomic E-state index is 0. The fourth-order valence-electron chi connectivity index (χ4n) is 1.77. The van der Waals surface area contributed by atoms with Crippen molar-refractivity contribution in [3.8, 4) is 0 Å². The summed E-state index contributed by atoms with van der Waals surface area (Å²) in [6, 6.07) is 9.37. The van der Waals surface area contributed by atoms with Gasteiger partial charge < -0.3 is 10.5 Å². The zero-order chi connectivity index (χ0) is 13.2. The van der Waals surface area contributed by atoms with Crippen LogP contribution in [0.3, 0.4) is 0 Å². The van der Waals surface area contributed by atoms with Crippen LogP contribution in [0.5, 0.6) is 0 Å². The van der Waals surface area contributed by atoms with Crippen LogP contribution >= 0.6 is 12.4 Å². The number of carbonyl (C=O) groups excluding carboxylic acids is 1. The first-order chi connectivity index (χ1) is 8.74. The molecule has 0 aliphatic rings. The van der Waals surface area contributed by atoms with E-state index in [2.05, 4.69) is 6.92 Å². The molecule has 108 valence electrons. The molecule has 0 heterocycles. The summed E-state index contributed by atoms with van der Waals surface area (Å²) in [6.07, 6.45) is 4.69. The van der Waals surface area contributed by atoms with Gasteiger partial charge in [0.15, 0.2) is 0 Å². The van der Waals surface area contributed by atoms with Crippen molar-refractivity contribution in [3.63, 3.8) is 0 Å². The molecule has 0 aliphatic carbocycles. The number of hydrogen-bond donors (Lipinski definition) is 1. The normalized spacial score (nSPS) is 11.5. The van der Waals surface area contributed by atoms with Crippen LogP contribution in [0.25, 0.3) is 0 Å². The van der Waals surface area contributed by atoms with E-state index in [9.17, 15) is 4.79 Å². The molecule has 0 saturated heterocycles.